The molecule has 0 fully saturated rings. The predicted octanol–water partition coefficient (Wildman–Crippen LogP) is 14.2. The monoisotopic (exact) mass is 777 g/mol. The van der Waals surface area contributed by atoms with E-state index in [-0.39, 0.29) is 10.8 Å². The smallest absolute Gasteiger partial charge is 0.158 e. The zero-order valence-electron chi connectivity index (χ0n) is 34.4. The second-order valence-corrected chi connectivity index (χ2v) is 18.8. The largest absolute Gasteiger partial charge is 0.457 e. The third-order valence-electron chi connectivity index (χ3n) is 11.7. The van der Waals surface area contributed by atoms with Crippen LogP contribution in [0.1, 0.15) is 63.8 Å². The molecule has 58 heavy (non-hydrogen) atoms. The van der Waals surface area contributed by atoms with E-state index in [4.69, 9.17) is 14.7 Å². The maximum absolute atomic E-state index is 6.98. The second kappa shape index (κ2) is 13.2. The van der Waals surface area contributed by atoms with Crippen molar-refractivity contribution < 1.29 is 4.74 Å². The summed E-state index contributed by atoms with van der Waals surface area (Å²) < 4.78 is 11.7. The maximum atomic E-state index is 6.98. The van der Waals surface area contributed by atoms with E-state index >= 15 is 0 Å². The van der Waals surface area contributed by atoms with Crippen LogP contribution in [0.2, 0.25) is 0 Å². The summed E-state index contributed by atoms with van der Waals surface area (Å²) in [7, 11) is 0. The van der Waals surface area contributed by atoms with E-state index in [2.05, 4.69) is 179 Å². The van der Waals surface area contributed by atoms with Crippen LogP contribution >= 0.6 is 11.3 Å². The number of aromatic nitrogens is 3. The Hall–Kier alpha value is -6.18. The van der Waals surface area contributed by atoms with Crippen molar-refractivity contribution in [2.45, 2.75) is 66.2 Å². The summed E-state index contributed by atoms with van der Waals surface area (Å²) >= 11 is 1.83. The Morgan fingerprint density at radius 1 is 0.569 bits per heavy atom. The van der Waals surface area contributed by atoms with Gasteiger partial charge in [0.2, 0.25) is 0 Å². The molecule has 0 saturated carbocycles. The van der Waals surface area contributed by atoms with Gasteiger partial charge in [-0.3, -0.25) is 4.57 Å². The first-order valence-electron chi connectivity index (χ1n) is 20.1. The Morgan fingerprint density at radius 2 is 1.29 bits per heavy atom. The topological polar surface area (TPSA) is 46.4 Å². The Labute approximate surface area is 344 Å². The SMILES string of the molecule is Cc1cc(C(C)(C)C)cc(C)c1N1CN(c2cc(Oc3ccc4c5ccccc5n(-c5cc(C(C)(C)C)ccn5)c4c3)cc3c2sc2ccccc23)c2cccnc21. The molecule has 0 saturated heterocycles. The minimum absolute atomic E-state index is 0.00953. The van der Waals surface area contributed by atoms with Crippen LogP contribution in [0.25, 0.3) is 47.8 Å². The van der Waals surface area contributed by atoms with Gasteiger partial charge in [0.05, 0.1) is 32.8 Å². The Kier molecular flexibility index (Phi) is 8.22. The number of aryl methyl sites for hydroxylation is 2. The van der Waals surface area contributed by atoms with Gasteiger partial charge >= 0.3 is 0 Å². The second-order valence-electron chi connectivity index (χ2n) is 17.8. The lowest BCUT2D eigenvalue weighted by molar-refractivity contribution is 0.484. The molecule has 0 amide bonds. The lowest BCUT2D eigenvalue weighted by atomic mass is 9.84. The van der Waals surface area contributed by atoms with E-state index in [1.165, 1.54) is 53.5 Å². The summed E-state index contributed by atoms with van der Waals surface area (Å²) in [4.78, 5) is 14.7. The molecule has 0 unspecified atom stereocenters. The fourth-order valence-corrected chi connectivity index (χ4v) is 9.94. The molecule has 288 valence electrons. The molecule has 5 aromatic carbocycles. The fraction of sp³-hybridized carbons (Fsp3) is 0.216. The third kappa shape index (κ3) is 5.90. The summed E-state index contributed by atoms with van der Waals surface area (Å²) in [5, 5.41) is 4.75. The minimum Gasteiger partial charge on any atom is -0.457 e. The highest BCUT2D eigenvalue weighted by Gasteiger charge is 2.33. The van der Waals surface area contributed by atoms with Crippen LogP contribution in [-0.4, -0.2) is 21.2 Å². The molecule has 6 nitrogen and oxygen atoms in total. The highest BCUT2D eigenvalue weighted by atomic mass is 32.1. The van der Waals surface area contributed by atoms with Crippen molar-refractivity contribution in [2.24, 2.45) is 0 Å². The zero-order chi connectivity index (χ0) is 40.1. The average molecular weight is 778 g/mol. The fourth-order valence-electron chi connectivity index (χ4n) is 8.74. The lowest BCUT2D eigenvalue weighted by Gasteiger charge is -2.27. The van der Waals surface area contributed by atoms with Crippen LogP contribution < -0.4 is 14.5 Å². The predicted molar refractivity (Wildman–Crippen MR) is 245 cm³/mol. The van der Waals surface area contributed by atoms with Gasteiger partial charge in [-0.1, -0.05) is 90.1 Å². The van der Waals surface area contributed by atoms with E-state index in [1.807, 2.05) is 29.8 Å². The molecule has 0 radical (unpaired) electrons. The number of fused-ring (bicyclic) bond motifs is 7. The number of hydrogen-bond donors (Lipinski definition) is 0. The van der Waals surface area contributed by atoms with Crippen molar-refractivity contribution in [1.82, 2.24) is 14.5 Å². The van der Waals surface area contributed by atoms with Gasteiger partial charge < -0.3 is 14.5 Å². The van der Waals surface area contributed by atoms with Crippen molar-refractivity contribution in [3.05, 3.63) is 150 Å². The molecule has 7 heteroatoms. The summed E-state index contributed by atoms with van der Waals surface area (Å²) in [6, 6.07) is 41.4. The summed E-state index contributed by atoms with van der Waals surface area (Å²) in [5.41, 5.74) is 10.7. The third-order valence-corrected chi connectivity index (χ3v) is 12.9. The number of nitrogens with zero attached hydrogens (tertiary/aromatic N) is 5. The first kappa shape index (κ1) is 36.2. The van der Waals surface area contributed by atoms with Crippen LogP contribution in [0, 0.1) is 13.8 Å². The molecule has 0 N–H and O–H groups in total. The molecule has 10 rings (SSSR count). The number of benzene rings is 5. The Bertz CT molecular complexity index is 3060. The van der Waals surface area contributed by atoms with E-state index in [1.54, 1.807) is 0 Å². The van der Waals surface area contributed by atoms with E-state index in [0.29, 0.717) is 6.67 Å². The average Bonchev–Trinajstić information content (AvgIpc) is 3.87. The van der Waals surface area contributed by atoms with Gasteiger partial charge in [0.15, 0.2) is 5.82 Å². The van der Waals surface area contributed by atoms with Crippen molar-refractivity contribution >= 4 is 76.2 Å². The quantitative estimate of drug-likeness (QED) is 0.174. The van der Waals surface area contributed by atoms with Gasteiger partial charge in [-0.2, -0.15) is 0 Å². The number of pyridine rings is 2. The standard InChI is InChI=1S/C51H47N5OS/c1-31-24-34(51(6,7)8)25-32(2)47(31)55-30-54(42-17-13-22-53-49(42)55)44-29-36(27-40-39-15-10-12-18-45(39)58-48(40)44)57-35-19-20-38-37-14-9-11-16-41(37)56(43(38)28-35)46-26-33(21-23-52-46)50(3,4)5/h9-29H,30H2,1-8H3. The number of rotatable bonds is 5. The van der Waals surface area contributed by atoms with Crippen molar-refractivity contribution in [3.63, 3.8) is 0 Å². The van der Waals surface area contributed by atoms with Crippen LogP contribution in [0.5, 0.6) is 11.5 Å². The van der Waals surface area contributed by atoms with Crippen LogP contribution in [0.4, 0.5) is 22.9 Å². The van der Waals surface area contributed by atoms with Gasteiger partial charge in [-0.05, 0) is 102 Å². The molecular weight excluding hydrogens is 731 g/mol. The highest BCUT2D eigenvalue weighted by Crippen LogP contribution is 2.50. The minimum atomic E-state index is -0.00953. The van der Waals surface area contributed by atoms with Gasteiger partial charge in [0, 0.05) is 50.8 Å². The molecule has 0 bridgehead atoms. The summed E-state index contributed by atoms with van der Waals surface area (Å²) in [5.74, 6) is 3.41. The Balaban J connectivity index is 1.12. The van der Waals surface area contributed by atoms with Gasteiger partial charge in [-0.15, -0.1) is 11.3 Å². The molecule has 0 atom stereocenters. The number of para-hydroxylation sites is 1. The molecule has 9 aromatic rings. The lowest BCUT2D eigenvalue weighted by Crippen LogP contribution is -2.26. The molecule has 1 aliphatic heterocycles. The van der Waals surface area contributed by atoms with Crippen LogP contribution in [-0.2, 0) is 10.8 Å². The van der Waals surface area contributed by atoms with Crippen molar-refractivity contribution in [1.29, 1.82) is 0 Å². The molecular formula is C51H47N5OS. The number of anilines is 4. The maximum Gasteiger partial charge on any atom is 0.158 e. The van der Waals surface area contributed by atoms with E-state index < -0.39 is 0 Å². The van der Waals surface area contributed by atoms with Gasteiger partial charge in [-0.25, -0.2) is 9.97 Å². The van der Waals surface area contributed by atoms with Crippen LogP contribution in [0.3, 0.4) is 0 Å². The van der Waals surface area contributed by atoms with Crippen LogP contribution in [0.15, 0.2) is 128 Å². The number of thiophene rings is 1. The number of ether oxygens (including phenoxy) is 1. The zero-order valence-corrected chi connectivity index (χ0v) is 35.2. The van der Waals surface area contributed by atoms with Crippen molar-refractivity contribution in [2.75, 3.05) is 16.5 Å². The Morgan fingerprint density at radius 3 is 2.07 bits per heavy atom. The number of hydrogen-bond acceptors (Lipinski definition) is 6. The van der Waals surface area contributed by atoms with Gasteiger partial charge in [0.25, 0.3) is 0 Å². The molecule has 1 aliphatic rings. The molecule has 5 heterocycles. The summed E-state index contributed by atoms with van der Waals surface area (Å²) in [6.45, 7) is 18.7. The van der Waals surface area contributed by atoms with E-state index in [9.17, 15) is 0 Å². The van der Waals surface area contributed by atoms with Gasteiger partial charge in [0.1, 0.15) is 24.0 Å². The normalized spacial score (nSPS) is 13.4. The first-order chi connectivity index (χ1) is 27.8. The first-order valence-corrected chi connectivity index (χ1v) is 20.9. The summed E-state index contributed by atoms with van der Waals surface area (Å²) in [6.07, 6.45) is 3.83. The highest BCUT2D eigenvalue weighted by molar-refractivity contribution is 7.26. The van der Waals surface area contributed by atoms with Crippen molar-refractivity contribution in [3.8, 4) is 17.3 Å². The molecule has 0 aliphatic carbocycles. The molecule has 0 spiro atoms. The van der Waals surface area contributed by atoms with E-state index in [0.717, 1.165) is 50.9 Å². The molecule has 4 aromatic heterocycles.